The molecule has 19 heteroatoms. The number of carbonyl (C=O) groups is 4. The van der Waals surface area contributed by atoms with Crippen LogP contribution in [0.3, 0.4) is 0 Å². The third-order valence-corrected chi connectivity index (χ3v) is 13.2. The van der Waals surface area contributed by atoms with E-state index in [4.69, 9.17) is 9.47 Å². The van der Waals surface area contributed by atoms with Gasteiger partial charge in [0.1, 0.15) is 29.8 Å². The lowest BCUT2D eigenvalue weighted by molar-refractivity contribution is -0.139. The highest BCUT2D eigenvalue weighted by Gasteiger charge is 2.42. The molecule has 4 heterocycles. The van der Waals surface area contributed by atoms with Gasteiger partial charge in [-0.05, 0) is 60.1 Å². The van der Waals surface area contributed by atoms with Crippen molar-refractivity contribution in [3.05, 3.63) is 83.7 Å². The Kier molecular flexibility index (Phi) is 14.6. The highest BCUT2D eigenvalue weighted by molar-refractivity contribution is 7.86. The van der Waals surface area contributed by atoms with Crippen LogP contribution in [0.25, 0.3) is 22.5 Å². The number of nitrogens with zero attached hydrogens (tertiary/aromatic N) is 6. The van der Waals surface area contributed by atoms with E-state index in [0.29, 0.717) is 23.9 Å². The molecule has 4 N–H and O–H groups in total. The van der Waals surface area contributed by atoms with Gasteiger partial charge < -0.3 is 39.9 Å². The molecule has 4 atom stereocenters. The van der Waals surface area contributed by atoms with Crippen LogP contribution in [0.2, 0.25) is 0 Å². The Morgan fingerprint density at radius 1 is 0.714 bits per heavy atom. The molecule has 2 fully saturated rings. The number of nitrogens with one attached hydrogen (secondary N) is 4. The first-order valence-corrected chi connectivity index (χ1v) is 22.2. The molecule has 0 aliphatic carbocycles. The van der Waals surface area contributed by atoms with Gasteiger partial charge in [0.05, 0.1) is 44.0 Å². The predicted octanol–water partition coefficient (Wildman–Crippen LogP) is 4.28. The molecule has 2 aromatic heterocycles. The van der Waals surface area contributed by atoms with Crippen molar-refractivity contribution in [1.29, 1.82) is 0 Å². The summed E-state index contributed by atoms with van der Waals surface area (Å²) in [6.45, 7) is 8.06. The largest absolute Gasteiger partial charge is 0.453 e. The van der Waals surface area contributed by atoms with Crippen molar-refractivity contribution in [1.82, 2.24) is 49.0 Å². The Labute approximate surface area is 368 Å². The number of H-pyrrole nitrogens is 2. The van der Waals surface area contributed by atoms with Crippen LogP contribution in [0, 0.1) is 23.7 Å². The Hall–Kier alpha value is -6.23. The number of methoxy groups -OCH3 is 2. The van der Waals surface area contributed by atoms with Crippen LogP contribution in [0.15, 0.2) is 60.9 Å². The summed E-state index contributed by atoms with van der Waals surface area (Å²) in [5.41, 5.74) is 4.79. The summed E-state index contributed by atoms with van der Waals surface area (Å²) >= 11 is 0. The van der Waals surface area contributed by atoms with Crippen LogP contribution in [0.4, 0.5) is 9.59 Å². The first kappa shape index (κ1) is 46.3. The monoisotopic (exact) mass is 884 g/mol. The van der Waals surface area contributed by atoms with Crippen LogP contribution in [0.5, 0.6) is 0 Å². The standard InChI is InChI=1S/C44H56N10O8S/c1-27(2)37(49-43(57)61-7)41(55)53-21-9-10-35(53)39-45-24-33(47-39)31-17-13-29(14-18-31)11-12-30-15-19-32(20-16-30)34-25-46-40(48-34)36-26-52(63(59,60)51(5)6)22-23-54(36)42(56)38(28(3)4)50-44(58)62-8/h13-20,24-25,27-28,35-38H,9-10,21-23,26H2,1-8H3,(H,45,47)(H,46,48)(H,49,57)(H,50,58). The second-order valence-corrected chi connectivity index (χ2v) is 18.5. The lowest BCUT2D eigenvalue weighted by Crippen LogP contribution is -2.59. The summed E-state index contributed by atoms with van der Waals surface area (Å²) < 4.78 is 38.3. The molecule has 6 rings (SSSR count). The number of carbonyl (C=O) groups excluding carboxylic acids is 4. The normalized spacial score (nSPS) is 17.9. The van der Waals surface area contributed by atoms with Crippen LogP contribution in [-0.2, 0) is 29.3 Å². The highest BCUT2D eigenvalue weighted by Crippen LogP contribution is 2.33. The van der Waals surface area contributed by atoms with Gasteiger partial charge in [0.2, 0.25) is 11.8 Å². The van der Waals surface area contributed by atoms with Crippen LogP contribution in [0.1, 0.15) is 75.4 Å². The summed E-state index contributed by atoms with van der Waals surface area (Å²) in [6, 6.07) is 12.7. The Bertz CT molecular complexity index is 2440. The fourth-order valence-corrected chi connectivity index (χ4v) is 8.79. The Morgan fingerprint density at radius 2 is 1.16 bits per heavy atom. The van der Waals surface area contributed by atoms with E-state index >= 15 is 0 Å². The molecule has 336 valence electrons. The van der Waals surface area contributed by atoms with Gasteiger partial charge in [0.15, 0.2) is 0 Å². The van der Waals surface area contributed by atoms with Crippen molar-refractivity contribution in [2.75, 3.05) is 54.5 Å². The maximum atomic E-state index is 14.0. The molecular weight excluding hydrogens is 829 g/mol. The Balaban J connectivity index is 1.13. The molecule has 4 aromatic rings. The fraction of sp³-hybridized carbons (Fsp3) is 0.455. The average Bonchev–Trinajstić information content (AvgIpc) is 4.08. The van der Waals surface area contributed by atoms with Gasteiger partial charge in [-0.1, -0.05) is 63.8 Å². The van der Waals surface area contributed by atoms with E-state index in [2.05, 4.69) is 42.4 Å². The fourth-order valence-electron chi connectivity index (χ4n) is 7.68. The van der Waals surface area contributed by atoms with Gasteiger partial charge in [-0.15, -0.1) is 0 Å². The number of hydrogen-bond donors (Lipinski definition) is 4. The first-order chi connectivity index (χ1) is 30.0. The van der Waals surface area contributed by atoms with Gasteiger partial charge in [-0.2, -0.15) is 17.0 Å². The number of ether oxygens (including phenoxy) is 2. The van der Waals surface area contributed by atoms with Gasteiger partial charge in [0.25, 0.3) is 10.2 Å². The lowest BCUT2D eigenvalue weighted by atomic mass is 10.0. The maximum Gasteiger partial charge on any atom is 0.407 e. The van der Waals surface area contributed by atoms with E-state index in [1.807, 2.05) is 76.2 Å². The molecule has 0 bridgehead atoms. The number of piperazine rings is 1. The molecule has 0 radical (unpaired) electrons. The van der Waals surface area contributed by atoms with E-state index in [1.165, 1.54) is 32.6 Å². The zero-order valence-electron chi connectivity index (χ0n) is 36.8. The van der Waals surface area contributed by atoms with E-state index in [-0.39, 0.29) is 49.3 Å². The quantitative estimate of drug-likeness (QED) is 0.148. The van der Waals surface area contributed by atoms with Crippen molar-refractivity contribution < 1.29 is 37.1 Å². The van der Waals surface area contributed by atoms with Gasteiger partial charge >= 0.3 is 12.2 Å². The lowest BCUT2D eigenvalue weighted by Gasteiger charge is -2.42. The number of aromatic amines is 2. The molecule has 2 aromatic carbocycles. The van der Waals surface area contributed by atoms with Crippen molar-refractivity contribution in [2.24, 2.45) is 11.8 Å². The summed E-state index contributed by atoms with van der Waals surface area (Å²) in [6.07, 6.45) is 3.60. The number of hydrogen-bond acceptors (Lipinski definition) is 10. The average molecular weight is 885 g/mol. The third-order valence-electron chi connectivity index (χ3n) is 11.3. The number of amides is 4. The van der Waals surface area contributed by atoms with Crippen molar-refractivity contribution in [3.63, 3.8) is 0 Å². The van der Waals surface area contributed by atoms with Crippen molar-refractivity contribution in [2.45, 2.75) is 64.7 Å². The number of likely N-dealkylation sites (tertiary alicyclic amines) is 1. The molecule has 4 amide bonds. The van der Waals surface area contributed by atoms with Crippen molar-refractivity contribution >= 4 is 34.2 Å². The van der Waals surface area contributed by atoms with Gasteiger partial charge in [-0.3, -0.25) is 9.59 Å². The summed E-state index contributed by atoms with van der Waals surface area (Å²) in [7, 11) is 1.62. The molecular formula is C44H56N10O8S. The molecule has 0 saturated carbocycles. The van der Waals surface area contributed by atoms with Crippen LogP contribution >= 0.6 is 0 Å². The molecule has 2 aliphatic rings. The first-order valence-electron chi connectivity index (χ1n) is 20.8. The van der Waals surface area contributed by atoms with E-state index in [1.54, 1.807) is 22.2 Å². The highest BCUT2D eigenvalue weighted by atomic mass is 32.2. The van der Waals surface area contributed by atoms with Crippen molar-refractivity contribution in [3.8, 4) is 34.4 Å². The Morgan fingerprint density at radius 3 is 1.59 bits per heavy atom. The van der Waals surface area contributed by atoms with Gasteiger partial charge in [-0.25, -0.2) is 19.6 Å². The molecule has 18 nitrogen and oxygen atoms in total. The molecule has 4 unspecified atom stereocenters. The molecule has 2 saturated heterocycles. The number of rotatable bonds is 12. The molecule has 63 heavy (non-hydrogen) atoms. The minimum Gasteiger partial charge on any atom is -0.453 e. The number of alkyl carbamates (subject to hydrolysis) is 2. The SMILES string of the molecule is COC(=O)NC(C(=O)N1CCCC1c1ncc(-c2ccc(C#Cc3ccc(-c4cnc(C5CN(S(=O)(=O)N(C)C)CCN5C(=O)C(NC(=O)OC)C(C)C)[nH]4)cc3)cc2)[nH]1)C(C)C. The van der Waals surface area contributed by atoms with E-state index in [0.717, 1.165) is 45.1 Å². The predicted molar refractivity (Wildman–Crippen MR) is 235 cm³/mol. The molecule has 0 spiro atoms. The van der Waals surface area contributed by atoms with Gasteiger partial charge in [0, 0.05) is 51.4 Å². The minimum atomic E-state index is -3.80. The minimum absolute atomic E-state index is 0.0417. The van der Waals surface area contributed by atoms with E-state index < -0.39 is 40.5 Å². The summed E-state index contributed by atoms with van der Waals surface area (Å²) in [5, 5.41) is 5.30. The zero-order chi connectivity index (χ0) is 45.6. The zero-order valence-corrected chi connectivity index (χ0v) is 37.7. The molecule has 2 aliphatic heterocycles. The van der Waals surface area contributed by atoms with Crippen LogP contribution in [-0.4, -0.2) is 137 Å². The second kappa shape index (κ2) is 19.9. The smallest absolute Gasteiger partial charge is 0.407 e. The number of benzene rings is 2. The maximum absolute atomic E-state index is 14.0. The van der Waals surface area contributed by atoms with E-state index in [9.17, 15) is 27.6 Å². The topological polar surface area (TPSA) is 215 Å². The summed E-state index contributed by atoms with van der Waals surface area (Å²) in [4.78, 5) is 70.9. The second-order valence-electron chi connectivity index (χ2n) is 16.4. The summed E-state index contributed by atoms with van der Waals surface area (Å²) in [5.74, 6) is 6.58. The third kappa shape index (κ3) is 10.5. The number of aromatic nitrogens is 4. The number of imidazole rings is 2. The van der Waals surface area contributed by atoms with Crippen LogP contribution < -0.4 is 10.6 Å².